The zero-order chi connectivity index (χ0) is 13.2. The van der Waals surface area contributed by atoms with Crippen LogP contribution in [-0.2, 0) is 0 Å². The lowest BCUT2D eigenvalue weighted by molar-refractivity contribution is 0.347. The first-order valence-electron chi connectivity index (χ1n) is 6.60. The molecule has 0 aliphatic heterocycles. The van der Waals surface area contributed by atoms with Crippen LogP contribution in [0.2, 0.25) is 0 Å². The van der Waals surface area contributed by atoms with Gasteiger partial charge >= 0.3 is 0 Å². The molecule has 1 aromatic rings. The fraction of sp³-hybridized carbons (Fsp3) is 0.600. The smallest absolute Gasteiger partial charge is 0.161 e. The summed E-state index contributed by atoms with van der Waals surface area (Å²) in [5, 5.41) is 3.59. The van der Waals surface area contributed by atoms with Gasteiger partial charge in [0, 0.05) is 6.04 Å². The molecule has 3 nitrogen and oxygen atoms in total. The molecule has 100 valence electrons. The fourth-order valence-electron chi connectivity index (χ4n) is 2.49. The molecule has 1 saturated carbocycles. The summed E-state index contributed by atoms with van der Waals surface area (Å²) in [4.78, 5) is 0. The first kappa shape index (κ1) is 13.2. The summed E-state index contributed by atoms with van der Waals surface area (Å²) in [7, 11) is 3.35. The van der Waals surface area contributed by atoms with E-state index in [0.29, 0.717) is 11.5 Å². The van der Waals surface area contributed by atoms with Crippen molar-refractivity contribution in [2.75, 3.05) is 20.8 Å². The van der Waals surface area contributed by atoms with E-state index < -0.39 is 0 Å². The molecule has 1 N–H and O–H groups in total. The third kappa shape index (κ3) is 2.46. The van der Waals surface area contributed by atoms with Gasteiger partial charge < -0.3 is 14.8 Å². The highest BCUT2D eigenvalue weighted by Gasteiger charge is 2.45. The van der Waals surface area contributed by atoms with Crippen LogP contribution in [0.4, 0.5) is 0 Å². The van der Waals surface area contributed by atoms with E-state index in [1.165, 1.54) is 18.4 Å². The summed E-state index contributed by atoms with van der Waals surface area (Å²) < 4.78 is 10.7. The molecule has 0 amide bonds. The monoisotopic (exact) mass is 249 g/mol. The quantitative estimate of drug-likeness (QED) is 0.840. The maximum atomic E-state index is 5.39. The largest absolute Gasteiger partial charge is 0.493 e. The third-order valence-electron chi connectivity index (χ3n) is 3.88. The summed E-state index contributed by atoms with van der Waals surface area (Å²) >= 11 is 0. The predicted molar refractivity (Wildman–Crippen MR) is 73.3 cm³/mol. The highest BCUT2D eigenvalue weighted by molar-refractivity contribution is 5.44. The molecule has 3 heteroatoms. The molecule has 0 bridgehead atoms. The predicted octanol–water partition coefficient (Wildman–Crippen LogP) is 3.15. The third-order valence-corrected chi connectivity index (χ3v) is 3.88. The van der Waals surface area contributed by atoms with Gasteiger partial charge in [-0.25, -0.2) is 0 Å². The lowest BCUT2D eigenvalue weighted by Gasteiger charge is -2.25. The standard InChI is InChI=1S/C15H23NO2/c1-5-16-14(15(2)8-9-15)11-6-7-12(17-3)13(10-11)18-4/h6-7,10,14,16H,5,8-9H2,1-4H3. The summed E-state index contributed by atoms with van der Waals surface area (Å²) in [5.74, 6) is 1.60. The van der Waals surface area contributed by atoms with Crippen LogP contribution in [0.3, 0.4) is 0 Å². The Bertz CT molecular complexity index is 413. The Labute approximate surface area is 109 Å². The number of benzene rings is 1. The van der Waals surface area contributed by atoms with E-state index in [1.54, 1.807) is 14.2 Å². The molecule has 18 heavy (non-hydrogen) atoms. The molecule has 1 fully saturated rings. The molecule has 1 aromatic carbocycles. The van der Waals surface area contributed by atoms with Crippen molar-refractivity contribution in [2.24, 2.45) is 5.41 Å². The van der Waals surface area contributed by atoms with E-state index in [-0.39, 0.29) is 0 Å². The lowest BCUT2D eigenvalue weighted by Crippen LogP contribution is -2.27. The number of nitrogens with one attached hydrogen (secondary N) is 1. The number of hydrogen-bond acceptors (Lipinski definition) is 3. The summed E-state index contributed by atoms with van der Waals surface area (Å²) in [5.41, 5.74) is 1.68. The maximum Gasteiger partial charge on any atom is 0.161 e. The molecule has 0 aromatic heterocycles. The zero-order valence-corrected chi connectivity index (χ0v) is 11.7. The second-order valence-electron chi connectivity index (χ2n) is 5.26. The Morgan fingerprint density at radius 2 is 1.89 bits per heavy atom. The van der Waals surface area contributed by atoms with Crippen LogP contribution < -0.4 is 14.8 Å². The van der Waals surface area contributed by atoms with Crippen molar-refractivity contribution >= 4 is 0 Å². The van der Waals surface area contributed by atoms with Crippen molar-refractivity contribution < 1.29 is 9.47 Å². The van der Waals surface area contributed by atoms with Gasteiger partial charge in [0.25, 0.3) is 0 Å². The minimum absolute atomic E-state index is 0.398. The van der Waals surface area contributed by atoms with E-state index in [1.807, 2.05) is 6.07 Å². The van der Waals surface area contributed by atoms with Crippen molar-refractivity contribution in [3.63, 3.8) is 0 Å². The average Bonchev–Trinajstić information content (AvgIpc) is 3.14. The number of hydrogen-bond donors (Lipinski definition) is 1. The van der Waals surface area contributed by atoms with Crippen molar-refractivity contribution in [2.45, 2.75) is 32.7 Å². The van der Waals surface area contributed by atoms with Gasteiger partial charge in [0.2, 0.25) is 0 Å². The SMILES string of the molecule is CCNC(c1ccc(OC)c(OC)c1)C1(C)CC1. The van der Waals surface area contributed by atoms with Gasteiger partial charge in [-0.05, 0) is 42.5 Å². The summed E-state index contributed by atoms with van der Waals surface area (Å²) in [6.07, 6.45) is 2.58. The van der Waals surface area contributed by atoms with E-state index in [9.17, 15) is 0 Å². The normalized spacial score (nSPS) is 18.2. The minimum Gasteiger partial charge on any atom is -0.493 e. The second kappa shape index (κ2) is 5.19. The van der Waals surface area contributed by atoms with Crippen LogP contribution in [-0.4, -0.2) is 20.8 Å². The number of ether oxygens (including phenoxy) is 2. The van der Waals surface area contributed by atoms with Crippen molar-refractivity contribution in [3.05, 3.63) is 23.8 Å². The average molecular weight is 249 g/mol. The fourth-order valence-corrected chi connectivity index (χ4v) is 2.49. The molecule has 1 aliphatic carbocycles. The first-order chi connectivity index (χ1) is 8.64. The molecule has 2 rings (SSSR count). The molecular formula is C15H23NO2. The molecule has 0 saturated heterocycles. The van der Waals surface area contributed by atoms with Crippen LogP contribution >= 0.6 is 0 Å². The van der Waals surface area contributed by atoms with E-state index >= 15 is 0 Å². The van der Waals surface area contributed by atoms with Gasteiger partial charge in [-0.15, -0.1) is 0 Å². The van der Waals surface area contributed by atoms with E-state index in [4.69, 9.17) is 9.47 Å². The van der Waals surface area contributed by atoms with Crippen LogP contribution in [0.5, 0.6) is 11.5 Å². The number of methoxy groups -OCH3 is 2. The van der Waals surface area contributed by atoms with Gasteiger partial charge in [-0.2, -0.15) is 0 Å². The maximum absolute atomic E-state index is 5.39. The van der Waals surface area contributed by atoms with Crippen molar-refractivity contribution in [3.8, 4) is 11.5 Å². The highest BCUT2D eigenvalue weighted by atomic mass is 16.5. The Morgan fingerprint density at radius 1 is 1.22 bits per heavy atom. The van der Waals surface area contributed by atoms with Crippen LogP contribution in [0.1, 0.15) is 38.3 Å². The molecule has 0 radical (unpaired) electrons. The zero-order valence-electron chi connectivity index (χ0n) is 11.7. The summed E-state index contributed by atoms with van der Waals surface area (Å²) in [6, 6.07) is 6.63. The van der Waals surface area contributed by atoms with E-state index in [0.717, 1.165) is 18.0 Å². The molecule has 1 aliphatic rings. The molecule has 1 atom stereocenters. The molecule has 0 spiro atoms. The van der Waals surface area contributed by atoms with Crippen LogP contribution in [0.15, 0.2) is 18.2 Å². The van der Waals surface area contributed by atoms with Crippen molar-refractivity contribution in [1.82, 2.24) is 5.32 Å². The van der Waals surface area contributed by atoms with Crippen LogP contribution in [0.25, 0.3) is 0 Å². The van der Waals surface area contributed by atoms with Gasteiger partial charge in [0.05, 0.1) is 14.2 Å². The summed E-state index contributed by atoms with van der Waals surface area (Å²) in [6.45, 7) is 5.48. The Hall–Kier alpha value is -1.22. The minimum atomic E-state index is 0.398. The van der Waals surface area contributed by atoms with Gasteiger partial charge in [0.1, 0.15) is 0 Å². The molecule has 1 unspecified atom stereocenters. The van der Waals surface area contributed by atoms with E-state index in [2.05, 4.69) is 31.3 Å². The molecule has 0 heterocycles. The Kier molecular flexibility index (Phi) is 3.81. The molecular weight excluding hydrogens is 226 g/mol. The van der Waals surface area contributed by atoms with Crippen molar-refractivity contribution in [1.29, 1.82) is 0 Å². The van der Waals surface area contributed by atoms with Crippen LogP contribution in [0, 0.1) is 5.41 Å². The Balaban J connectivity index is 2.30. The Morgan fingerprint density at radius 3 is 2.39 bits per heavy atom. The first-order valence-corrected chi connectivity index (χ1v) is 6.60. The number of rotatable bonds is 6. The van der Waals surface area contributed by atoms with Gasteiger partial charge in [-0.3, -0.25) is 0 Å². The van der Waals surface area contributed by atoms with Gasteiger partial charge in [-0.1, -0.05) is 19.9 Å². The second-order valence-corrected chi connectivity index (χ2v) is 5.26. The lowest BCUT2D eigenvalue weighted by atomic mass is 9.91. The topological polar surface area (TPSA) is 30.5 Å². The van der Waals surface area contributed by atoms with Gasteiger partial charge in [0.15, 0.2) is 11.5 Å². The highest BCUT2D eigenvalue weighted by Crippen LogP contribution is 2.54.